The number of anilines is 2. The summed E-state index contributed by atoms with van der Waals surface area (Å²) in [6.45, 7) is 1.96. The van der Waals surface area contributed by atoms with E-state index in [9.17, 15) is 18.0 Å². The number of piperazine rings is 1. The number of hydrogen-bond donors (Lipinski definition) is 3. The number of aliphatic carboxylic acids is 1. The number of carboxylic acid groups (broad SMARTS) is 1. The number of nitrogens with zero attached hydrogens (tertiary/aromatic N) is 3. The molecule has 12 heteroatoms. The van der Waals surface area contributed by atoms with Gasteiger partial charge >= 0.3 is 12.1 Å². The zero-order valence-electron chi connectivity index (χ0n) is 17.7. The van der Waals surface area contributed by atoms with Crippen molar-refractivity contribution in [3.05, 3.63) is 59.2 Å². The van der Waals surface area contributed by atoms with Gasteiger partial charge in [-0.25, -0.2) is 9.31 Å². The van der Waals surface area contributed by atoms with Gasteiger partial charge in [0.2, 0.25) is 0 Å². The number of carbonyl (C=O) groups is 2. The SMILES string of the molecule is O=C(Nc1ccccc1Cl)c1ccc2ccc(N3CC4CCC3CN4)nn12.O=C(O)C(F)(F)F. The highest BCUT2D eigenvalue weighted by atomic mass is 35.5. The molecule has 1 aromatic carbocycles. The third-order valence-corrected chi connectivity index (χ3v) is 6.06. The largest absolute Gasteiger partial charge is 0.490 e. The summed E-state index contributed by atoms with van der Waals surface area (Å²) in [5.41, 5.74) is 1.98. The highest BCUT2D eigenvalue weighted by Crippen LogP contribution is 2.27. The van der Waals surface area contributed by atoms with Crippen molar-refractivity contribution in [3.8, 4) is 0 Å². The molecule has 0 spiro atoms. The number of benzene rings is 1. The fourth-order valence-electron chi connectivity index (χ4n) is 4.04. The number of hydrogen-bond acceptors (Lipinski definition) is 5. The van der Waals surface area contributed by atoms with E-state index in [4.69, 9.17) is 26.6 Å². The zero-order chi connectivity index (χ0) is 24.5. The molecule has 3 saturated heterocycles. The van der Waals surface area contributed by atoms with Crippen LogP contribution in [-0.4, -0.2) is 57.9 Å². The molecular formula is C22H21ClF3N5O3. The minimum absolute atomic E-state index is 0.227. The minimum Gasteiger partial charge on any atom is -0.475 e. The molecule has 3 aliphatic heterocycles. The van der Waals surface area contributed by atoms with Gasteiger partial charge in [0.15, 0.2) is 0 Å². The molecule has 180 valence electrons. The molecule has 3 fully saturated rings. The van der Waals surface area contributed by atoms with E-state index in [-0.39, 0.29) is 5.91 Å². The second kappa shape index (κ2) is 9.51. The van der Waals surface area contributed by atoms with E-state index < -0.39 is 12.1 Å². The van der Waals surface area contributed by atoms with Gasteiger partial charge in [0.05, 0.1) is 16.2 Å². The fourth-order valence-corrected chi connectivity index (χ4v) is 4.22. The van der Waals surface area contributed by atoms with Crippen LogP contribution in [0.5, 0.6) is 0 Å². The summed E-state index contributed by atoms with van der Waals surface area (Å²) >= 11 is 6.16. The van der Waals surface area contributed by atoms with Crippen LogP contribution < -0.4 is 15.5 Å². The van der Waals surface area contributed by atoms with Crippen molar-refractivity contribution in [2.75, 3.05) is 23.3 Å². The Hall–Kier alpha value is -3.31. The number of alkyl halides is 3. The molecular weight excluding hydrogens is 475 g/mol. The number of aromatic nitrogens is 2. The summed E-state index contributed by atoms with van der Waals surface area (Å²) in [5.74, 6) is -2.07. The number of amides is 1. The van der Waals surface area contributed by atoms with Crippen LogP contribution in [0.15, 0.2) is 48.5 Å². The van der Waals surface area contributed by atoms with Gasteiger partial charge in [-0.15, -0.1) is 5.10 Å². The molecule has 0 saturated carbocycles. The second-order valence-corrected chi connectivity index (χ2v) is 8.38. The first kappa shape index (κ1) is 23.8. The van der Waals surface area contributed by atoms with E-state index in [1.54, 1.807) is 22.7 Å². The van der Waals surface area contributed by atoms with Crippen molar-refractivity contribution >= 4 is 40.5 Å². The van der Waals surface area contributed by atoms with Crippen LogP contribution in [0.25, 0.3) is 5.52 Å². The van der Waals surface area contributed by atoms with Gasteiger partial charge in [0.1, 0.15) is 11.5 Å². The standard InChI is InChI=1S/C20H20ClN5O.C2HF3O2/c21-16-3-1-2-4-17(16)23-20(27)18-9-7-14-8-10-19(24-26(14)18)25-12-13-5-6-15(25)11-22-13;3-2(4,5)1(6)7/h1-4,7-10,13,15,22H,5-6,11-12H2,(H,23,27);(H,6,7). The smallest absolute Gasteiger partial charge is 0.475 e. The first-order chi connectivity index (χ1) is 16.1. The molecule has 2 atom stereocenters. The van der Waals surface area contributed by atoms with Crippen molar-refractivity contribution in [2.24, 2.45) is 0 Å². The van der Waals surface area contributed by atoms with Gasteiger partial charge in [-0.1, -0.05) is 23.7 Å². The highest BCUT2D eigenvalue weighted by Gasteiger charge is 2.38. The average molecular weight is 496 g/mol. The number of para-hydroxylation sites is 1. The summed E-state index contributed by atoms with van der Waals surface area (Å²) < 4.78 is 33.5. The normalized spacial score (nSPS) is 19.5. The molecule has 2 bridgehead atoms. The van der Waals surface area contributed by atoms with Crippen LogP contribution in [0.2, 0.25) is 5.02 Å². The summed E-state index contributed by atoms with van der Waals surface area (Å²) in [7, 11) is 0. The number of rotatable bonds is 3. The maximum absolute atomic E-state index is 12.8. The van der Waals surface area contributed by atoms with Gasteiger partial charge in [-0.05, 0) is 49.2 Å². The van der Waals surface area contributed by atoms with Crippen LogP contribution in [0, 0.1) is 0 Å². The van der Waals surface area contributed by atoms with Crippen LogP contribution in [0.4, 0.5) is 24.7 Å². The number of piperidine rings is 2. The molecule has 3 aliphatic rings. The van der Waals surface area contributed by atoms with E-state index >= 15 is 0 Å². The molecule has 2 aromatic heterocycles. The van der Waals surface area contributed by atoms with Crippen molar-refractivity contribution in [1.82, 2.24) is 14.9 Å². The minimum atomic E-state index is -5.08. The lowest BCUT2D eigenvalue weighted by Gasteiger charge is -2.46. The maximum Gasteiger partial charge on any atom is 0.490 e. The molecule has 6 rings (SSSR count). The fraction of sp³-hybridized carbons (Fsp3) is 0.318. The van der Waals surface area contributed by atoms with Gasteiger partial charge in [-0.3, -0.25) is 4.79 Å². The molecule has 34 heavy (non-hydrogen) atoms. The molecule has 1 amide bonds. The van der Waals surface area contributed by atoms with E-state index in [0.29, 0.717) is 28.5 Å². The van der Waals surface area contributed by atoms with Crippen LogP contribution >= 0.6 is 11.6 Å². The molecule has 5 heterocycles. The Morgan fingerprint density at radius 1 is 1.12 bits per heavy atom. The Balaban J connectivity index is 0.000000344. The van der Waals surface area contributed by atoms with E-state index in [1.165, 1.54) is 12.8 Å². The third kappa shape index (κ3) is 5.10. The quantitative estimate of drug-likeness (QED) is 0.511. The summed E-state index contributed by atoms with van der Waals surface area (Å²) in [4.78, 5) is 24.1. The summed E-state index contributed by atoms with van der Waals surface area (Å²) in [5, 5.41) is 18.9. The first-order valence-electron chi connectivity index (χ1n) is 10.5. The Morgan fingerprint density at radius 2 is 1.82 bits per heavy atom. The molecule has 8 nitrogen and oxygen atoms in total. The Kier molecular flexibility index (Phi) is 6.67. The number of halogens is 4. The van der Waals surface area contributed by atoms with E-state index in [0.717, 1.165) is 24.4 Å². The lowest BCUT2D eigenvalue weighted by Crippen LogP contribution is -2.61. The number of carbonyl (C=O) groups excluding carboxylic acids is 1. The lowest BCUT2D eigenvalue weighted by molar-refractivity contribution is -0.192. The molecule has 2 unspecified atom stereocenters. The Morgan fingerprint density at radius 3 is 2.41 bits per heavy atom. The van der Waals surface area contributed by atoms with Crippen molar-refractivity contribution in [2.45, 2.75) is 31.1 Å². The monoisotopic (exact) mass is 495 g/mol. The van der Waals surface area contributed by atoms with Crippen molar-refractivity contribution in [3.63, 3.8) is 0 Å². The molecule has 0 radical (unpaired) electrons. The van der Waals surface area contributed by atoms with Gasteiger partial charge < -0.3 is 20.6 Å². The van der Waals surface area contributed by atoms with Gasteiger partial charge in [-0.2, -0.15) is 13.2 Å². The number of carboxylic acids is 1. The second-order valence-electron chi connectivity index (χ2n) is 7.97. The molecule has 3 N–H and O–H groups in total. The zero-order valence-corrected chi connectivity index (χ0v) is 18.5. The highest BCUT2D eigenvalue weighted by molar-refractivity contribution is 6.33. The van der Waals surface area contributed by atoms with E-state index in [1.807, 2.05) is 30.3 Å². The van der Waals surface area contributed by atoms with Gasteiger partial charge in [0, 0.05) is 25.2 Å². The average Bonchev–Trinajstić information content (AvgIpc) is 3.24. The van der Waals surface area contributed by atoms with Crippen molar-refractivity contribution < 1.29 is 27.9 Å². The summed E-state index contributed by atoms with van der Waals surface area (Å²) in [6.07, 6.45) is -2.68. The van der Waals surface area contributed by atoms with Crippen LogP contribution in [-0.2, 0) is 4.79 Å². The Labute approximate surface area is 197 Å². The first-order valence-corrected chi connectivity index (χ1v) is 10.9. The van der Waals surface area contributed by atoms with Crippen LogP contribution in [0.1, 0.15) is 23.3 Å². The van der Waals surface area contributed by atoms with Crippen molar-refractivity contribution in [1.29, 1.82) is 0 Å². The topological polar surface area (TPSA) is 99.0 Å². The maximum atomic E-state index is 12.8. The Bertz CT molecular complexity index is 1210. The van der Waals surface area contributed by atoms with Crippen LogP contribution in [0.3, 0.4) is 0 Å². The number of nitrogens with one attached hydrogen (secondary N) is 2. The predicted octanol–water partition coefficient (Wildman–Crippen LogP) is 3.81. The molecule has 3 aromatic rings. The molecule has 0 aliphatic carbocycles. The van der Waals surface area contributed by atoms with Gasteiger partial charge in [0.25, 0.3) is 5.91 Å². The third-order valence-electron chi connectivity index (χ3n) is 5.73. The summed E-state index contributed by atoms with van der Waals surface area (Å²) in [6, 6.07) is 16.0. The number of fused-ring (bicyclic) bond motifs is 4. The van der Waals surface area contributed by atoms with E-state index in [2.05, 4.69) is 15.5 Å². The predicted molar refractivity (Wildman–Crippen MR) is 120 cm³/mol. The lowest BCUT2D eigenvalue weighted by atomic mass is 9.93.